The van der Waals surface area contributed by atoms with Crippen molar-refractivity contribution in [1.29, 1.82) is 0 Å². The van der Waals surface area contributed by atoms with Gasteiger partial charge in [0.1, 0.15) is 11.7 Å². The largest absolute Gasteiger partial charge is 0.512 e. The van der Waals surface area contributed by atoms with Crippen LogP contribution in [-0.4, -0.2) is 38.6 Å². The summed E-state index contributed by atoms with van der Waals surface area (Å²) in [4.78, 5) is 11.5. The molecule has 22 heavy (non-hydrogen) atoms. The summed E-state index contributed by atoms with van der Waals surface area (Å²) in [5.74, 6) is -3.64. The summed E-state index contributed by atoms with van der Waals surface area (Å²) < 4.78 is 8.24. The molecule has 0 aromatic heterocycles. The first kappa shape index (κ1) is 17.3. The molecule has 0 radical (unpaired) electrons. The van der Waals surface area contributed by atoms with E-state index in [2.05, 4.69) is 6.92 Å². The Bertz CT molecular complexity index is 435. The van der Waals surface area contributed by atoms with Crippen molar-refractivity contribution in [2.24, 2.45) is 17.3 Å². The van der Waals surface area contributed by atoms with Crippen molar-refractivity contribution in [3.05, 3.63) is 11.8 Å². The summed E-state index contributed by atoms with van der Waals surface area (Å²) in [6.45, 7) is 5.91. The van der Waals surface area contributed by atoms with Gasteiger partial charge < -0.3 is 20.4 Å². The summed E-state index contributed by atoms with van der Waals surface area (Å²) in [5, 5.41) is 39.2. The summed E-state index contributed by atoms with van der Waals surface area (Å²) in [6.07, 6.45) is 1.88. The van der Waals surface area contributed by atoms with Crippen LogP contribution in [-0.2, 0) is 4.79 Å². The fourth-order valence-corrected chi connectivity index (χ4v) is 3.04. The Morgan fingerprint density at radius 1 is 1.36 bits per heavy atom. The van der Waals surface area contributed by atoms with Gasteiger partial charge in [0.05, 0.1) is 12.2 Å². The van der Waals surface area contributed by atoms with Crippen LogP contribution >= 0.6 is 0 Å². The normalized spacial score (nSPS) is 30.0. The molecule has 0 aromatic rings. The Kier molecular flexibility index (Phi) is 6.26. The van der Waals surface area contributed by atoms with E-state index in [0.717, 1.165) is 19.3 Å². The second-order valence-electron chi connectivity index (χ2n) is 7.02. The molecule has 0 bridgehead atoms. The first-order chi connectivity index (χ1) is 10.6. The van der Waals surface area contributed by atoms with Gasteiger partial charge in [0.25, 0.3) is 0 Å². The number of allylic oxidation sites excluding steroid dienone is 1. The zero-order valence-electron chi connectivity index (χ0n) is 14.7. The molecule has 5 nitrogen and oxygen atoms in total. The monoisotopic (exact) mass is 315 g/mol. The molecule has 0 amide bonds. The Morgan fingerprint density at radius 2 is 2.00 bits per heavy atom. The van der Waals surface area contributed by atoms with Crippen LogP contribution in [0.4, 0.5) is 0 Å². The number of aliphatic hydroxyl groups excluding tert-OH is 3. The van der Waals surface area contributed by atoms with Crippen LogP contribution in [0.25, 0.3) is 0 Å². The van der Waals surface area contributed by atoms with Crippen LogP contribution in [0.2, 0.25) is 0 Å². The van der Waals surface area contributed by atoms with E-state index in [0.29, 0.717) is 0 Å². The molecule has 5 atom stereocenters. The quantitative estimate of drug-likeness (QED) is 0.516. The number of unbranched alkanes of at least 4 members (excludes halogenated alkanes) is 1. The van der Waals surface area contributed by atoms with Crippen LogP contribution in [0.15, 0.2) is 11.8 Å². The molecule has 5 heteroatoms. The minimum Gasteiger partial charge on any atom is -0.512 e. The third kappa shape index (κ3) is 5.29. The zero-order valence-corrected chi connectivity index (χ0v) is 13.7. The lowest BCUT2D eigenvalue weighted by atomic mass is 9.82. The van der Waals surface area contributed by atoms with E-state index in [1.54, 1.807) is 0 Å². The van der Waals surface area contributed by atoms with Crippen LogP contribution in [0, 0.1) is 17.3 Å². The van der Waals surface area contributed by atoms with Crippen molar-refractivity contribution in [3.63, 3.8) is 0 Å². The predicted octanol–water partition coefficient (Wildman–Crippen LogP) is 2.87. The van der Waals surface area contributed by atoms with Crippen molar-refractivity contribution in [1.82, 2.24) is 0 Å². The molecule has 0 spiro atoms. The number of carboxylic acid groups (broad SMARTS) is 1. The lowest BCUT2D eigenvalue weighted by molar-refractivity contribution is -0.144. The maximum absolute atomic E-state index is 11.5. The van der Waals surface area contributed by atoms with E-state index in [-0.39, 0.29) is 24.0 Å². The van der Waals surface area contributed by atoms with Gasteiger partial charge in [-0.25, -0.2) is 0 Å². The van der Waals surface area contributed by atoms with Crippen LogP contribution in [0.1, 0.15) is 60.6 Å². The molecule has 0 aromatic carbocycles. The number of hydrogen-bond donors (Lipinski definition) is 4. The number of carbonyl (C=O) groups is 1. The second kappa shape index (κ2) is 7.97. The number of aliphatic hydroxyl groups is 3. The summed E-state index contributed by atoms with van der Waals surface area (Å²) >= 11 is 0. The molecule has 0 unspecified atom stereocenters. The minimum absolute atomic E-state index is 0.119. The molecule has 0 heterocycles. The van der Waals surface area contributed by atoms with E-state index < -0.39 is 36.4 Å². The average molecular weight is 315 g/mol. The summed E-state index contributed by atoms with van der Waals surface area (Å²) in [7, 11) is 0. The summed E-state index contributed by atoms with van der Waals surface area (Å²) in [6, 6.07) is 0. The number of hydrogen-bond acceptors (Lipinski definition) is 4. The number of rotatable bonds is 8. The van der Waals surface area contributed by atoms with Crippen molar-refractivity contribution in [3.8, 4) is 0 Å². The topological polar surface area (TPSA) is 98.0 Å². The Balaban J connectivity index is 2.92. The van der Waals surface area contributed by atoms with Gasteiger partial charge in [0, 0.05) is 7.29 Å². The fraction of sp³-hybridized carbons (Fsp3) is 0.824. The molecule has 1 fully saturated rings. The van der Waals surface area contributed by atoms with E-state index in [4.69, 9.17) is 1.37 Å². The fourth-order valence-electron chi connectivity index (χ4n) is 3.04. The standard InChI is InChI=1S/C17H30O5/c1-4-5-7-17(2,3)8-6-13(19)15(16(21)22)12-9-11(18)10-14(12)20/h6,11-12,14-15,18-20H,4-5,7-10H2,1-3H3,(H,21,22)/t11-,12-,14-,15-/m1/s1/i8D/t8-,11+,12+,14+,15+/m0. The third-order valence-electron chi connectivity index (χ3n) is 4.44. The van der Waals surface area contributed by atoms with Crippen molar-refractivity contribution in [2.45, 2.75) is 71.5 Å². The number of aliphatic carboxylic acids is 1. The van der Waals surface area contributed by atoms with Gasteiger partial charge in [0.2, 0.25) is 0 Å². The summed E-state index contributed by atoms with van der Waals surface area (Å²) in [5.41, 5.74) is -0.374. The first-order valence-corrected chi connectivity index (χ1v) is 8.02. The highest BCUT2D eigenvalue weighted by atomic mass is 16.4. The van der Waals surface area contributed by atoms with Gasteiger partial charge in [-0.1, -0.05) is 33.6 Å². The van der Waals surface area contributed by atoms with E-state index in [1.165, 1.54) is 6.08 Å². The molecule has 0 saturated heterocycles. The third-order valence-corrected chi connectivity index (χ3v) is 4.44. The highest BCUT2D eigenvalue weighted by Gasteiger charge is 2.42. The van der Waals surface area contributed by atoms with Crippen molar-refractivity contribution in [2.75, 3.05) is 0 Å². The van der Waals surface area contributed by atoms with Gasteiger partial charge >= 0.3 is 5.97 Å². The Labute approximate surface area is 134 Å². The lowest BCUT2D eigenvalue weighted by Gasteiger charge is -2.25. The zero-order chi connectivity index (χ0) is 17.8. The van der Waals surface area contributed by atoms with Gasteiger partial charge in [0.15, 0.2) is 0 Å². The van der Waals surface area contributed by atoms with Crippen LogP contribution < -0.4 is 0 Å². The molecule has 1 saturated carbocycles. The Hall–Kier alpha value is -1.07. The maximum Gasteiger partial charge on any atom is 0.314 e. The molecule has 1 rings (SSSR count). The molecule has 1 aliphatic rings. The van der Waals surface area contributed by atoms with E-state index >= 15 is 0 Å². The maximum atomic E-state index is 11.5. The number of carboxylic acids is 1. The van der Waals surface area contributed by atoms with E-state index in [9.17, 15) is 25.2 Å². The van der Waals surface area contributed by atoms with Crippen LogP contribution in [0.3, 0.4) is 0 Å². The highest BCUT2D eigenvalue weighted by molar-refractivity contribution is 5.73. The van der Waals surface area contributed by atoms with Gasteiger partial charge in [-0.15, -0.1) is 0 Å². The molecular weight excluding hydrogens is 284 g/mol. The van der Waals surface area contributed by atoms with Crippen molar-refractivity contribution >= 4 is 5.97 Å². The lowest BCUT2D eigenvalue weighted by Crippen LogP contribution is -2.31. The van der Waals surface area contributed by atoms with Gasteiger partial charge in [-0.05, 0) is 37.2 Å². The predicted molar refractivity (Wildman–Crippen MR) is 84.5 cm³/mol. The van der Waals surface area contributed by atoms with Gasteiger partial charge in [-0.2, -0.15) is 0 Å². The molecule has 4 N–H and O–H groups in total. The first-order valence-electron chi connectivity index (χ1n) is 8.59. The second-order valence-corrected chi connectivity index (χ2v) is 7.02. The van der Waals surface area contributed by atoms with E-state index in [1.807, 2.05) is 13.8 Å². The minimum atomic E-state index is -1.28. The SMILES string of the molecule is [2H][C@@H](C=C(O)[C@H](C(=O)O)[C@@H]1C[C@@H](O)C[C@H]1O)C(C)(C)CCCC. The van der Waals surface area contributed by atoms with Crippen molar-refractivity contribution < 1.29 is 26.6 Å². The molecule has 128 valence electrons. The molecule has 1 aliphatic carbocycles. The smallest absolute Gasteiger partial charge is 0.314 e. The molecular formula is C17H30O5. The Morgan fingerprint density at radius 3 is 2.45 bits per heavy atom. The average Bonchev–Trinajstić information content (AvgIpc) is 2.75. The van der Waals surface area contributed by atoms with Gasteiger partial charge in [-0.3, -0.25) is 4.79 Å². The van der Waals surface area contributed by atoms with Crippen LogP contribution in [0.5, 0.6) is 0 Å². The molecule has 0 aliphatic heterocycles. The highest BCUT2D eigenvalue weighted by Crippen LogP contribution is 2.36.